The molecule has 1 aliphatic rings. The maximum Gasteiger partial charge on any atom is 0.254 e. The normalized spacial score (nSPS) is 20.1. The fourth-order valence-corrected chi connectivity index (χ4v) is 2.71. The summed E-state index contributed by atoms with van der Waals surface area (Å²) in [6.45, 7) is 1.47. The minimum atomic E-state index is 0. The summed E-state index contributed by atoms with van der Waals surface area (Å²) >= 11 is 4.87. The molecule has 3 nitrogen and oxygen atoms in total. The number of carbonyl (C=O) groups is 1. The van der Waals surface area contributed by atoms with Crippen LogP contribution in [0.4, 0.5) is 0 Å². The molecule has 2 rings (SSSR count). The fourth-order valence-electron chi connectivity index (χ4n) is 1.58. The van der Waals surface area contributed by atoms with Crippen molar-refractivity contribution in [2.24, 2.45) is 5.73 Å². The Morgan fingerprint density at radius 2 is 2.40 bits per heavy atom. The number of thiophene rings is 1. The second-order valence-electron chi connectivity index (χ2n) is 3.44. The van der Waals surface area contributed by atoms with E-state index in [9.17, 15) is 4.79 Å². The number of amides is 1. The molecule has 1 aromatic rings. The van der Waals surface area contributed by atoms with Crippen molar-refractivity contribution in [1.29, 1.82) is 0 Å². The molecule has 0 radical (unpaired) electrons. The zero-order chi connectivity index (χ0) is 10.1. The quantitative estimate of drug-likeness (QED) is 0.863. The molecule has 6 heteroatoms. The maximum absolute atomic E-state index is 11.9. The summed E-state index contributed by atoms with van der Waals surface area (Å²) in [5.41, 5.74) is 6.51. The van der Waals surface area contributed by atoms with E-state index in [0.717, 1.165) is 22.3 Å². The second-order valence-corrected chi connectivity index (χ2v) is 5.73. The van der Waals surface area contributed by atoms with Gasteiger partial charge in [0.05, 0.1) is 9.35 Å². The van der Waals surface area contributed by atoms with E-state index >= 15 is 0 Å². The largest absolute Gasteiger partial charge is 0.337 e. The first-order valence-electron chi connectivity index (χ1n) is 4.45. The number of rotatable bonds is 1. The highest BCUT2D eigenvalue weighted by molar-refractivity contribution is 9.11. The second kappa shape index (κ2) is 5.30. The predicted octanol–water partition coefficient (Wildman–Crippen LogP) is 2.11. The number of carbonyl (C=O) groups excluding carboxylic acids is 1. The zero-order valence-electron chi connectivity index (χ0n) is 7.98. The van der Waals surface area contributed by atoms with Gasteiger partial charge in [-0.2, -0.15) is 0 Å². The number of hydrogen-bond acceptors (Lipinski definition) is 3. The lowest BCUT2D eigenvalue weighted by Gasteiger charge is -2.14. The Balaban J connectivity index is 0.00000112. The van der Waals surface area contributed by atoms with Crippen LogP contribution in [0.5, 0.6) is 0 Å². The van der Waals surface area contributed by atoms with Crippen molar-refractivity contribution in [2.45, 2.75) is 12.5 Å². The summed E-state index contributed by atoms with van der Waals surface area (Å²) in [5.74, 6) is 0.0971. The molecule has 1 aliphatic heterocycles. The van der Waals surface area contributed by atoms with Gasteiger partial charge in [0.1, 0.15) is 0 Å². The number of halogens is 2. The highest BCUT2D eigenvalue weighted by Crippen LogP contribution is 2.22. The lowest BCUT2D eigenvalue weighted by Crippen LogP contribution is -2.31. The molecule has 0 spiro atoms. The molecule has 1 saturated heterocycles. The highest BCUT2D eigenvalue weighted by atomic mass is 79.9. The van der Waals surface area contributed by atoms with Crippen molar-refractivity contribution in [1.82, 2.24) is 4.90 Å². The molecule has 0 aromatic carbocycles. The Morgan fingerprint density at radius 1 is 1.67 bits per heavy atom. The molecule has 84 valence electrons. The highest BCUT2D eigenvalue weighted by Gasteiger charge is 2.24. The summed E-state index contributed by atoms with van der Waals surface area (Å²) < 4.78 is 0.990. The lowest BCUT2D eigenvalue weighted by molar-refractivity contribution is 0.0791. The monoisotopic (exact) mass is 310 g/mol. The topological polar surface area (TPSA) is 46.3 Å². The molecule has 2 heterocycles. The van der Waals surface area contributed by atoms with E-state index in [-0.39, 0.29) is 24.4 Å². The van der Waals surface area contributed by atoms with Gasteiger partial charge in [0.15, 0.2) is 0 Å². The zero-order valence-corrected chi connectivity index (χ0v) is 11.2. The number of nitrogens with zero attached hydrogens (tertiary/aromatic N) is 1. The van der Waals surface area contributed by atoms with Crippen molar-refractivity contribution in [3.8, 4) is 0 Å². The van der Waals surface area contributed by atoms with Gasteiger partial charge in [0, 0.05) is 24.5 Å². The Hall–Kier alpha value is -0.100. The molecular formula is C9H12BrClN2OS. The molecular weight excluding hydrogens is 300 g/mol. The van der Waals surface area contributed by atoms with E-state index < -0.39 is 0 Å². The Morgan fingerprint density at radius 3 is 2.87 bits per heavy atom. The van der Waals surface area contributed by atoms with E-state index in [0.29, 0.717) is 6.54 Å². The van der Waals surface area contributed by atoms with Gasteiger partial charge < -0.3 is 10.6 Å². The Bertz CT molecular complexity index is 358. The summed E-state index contributed by atoms with van der Waals surface area (Å²) in [6, 6.07) is 2.01. The van der Waals surface area contributed by atoms with Crippen LogP contribution in [-0.2, 0) is 0 Å². The first-order valence-corrected chi connectivity index (χ1v) is 6.13. The van der Waals surface area contributed by atoms with Crippen molar-refractivity contribution >= 4 is 45.6 Å². The van der Waals surface area contributed by atoms with Crippen molar-refractivity contribution < 1.29 is 4.79 Å². The number of hydrogen-bond donors (Lipinski definition) is 1. The van der Waals surface area contributed by atoms with Crippen LogP contribution in [0.15, 0.2) is 15.2 Å². The first-order chi connectivity index (χ1) is 6.66. The van der Waals surface area contributed by atoms with Crippen LogP contribution >= 0.6 is 39.7 Å². The molecule has 0 saturated carbocycles. The molecule has 0 unspecified atom stereocenters. The van der Waals surface area contributed by atoms with Gasteiger partial charge in [-0.15, -0.1) is 23.7 Å². The molecule has 1 aromatic heterocycles. The average Bonchev–Trinajstić information content (AvgIpc) is 2.73. The molecule has 1 fully saturated rings. The molecule has 1 amide bonds. The van der Waals surface area contributed by atoms with Crippen LogP contribution in [0.25, 0.3) is 0 Å². The Labute approximate surface area is 107 Å². The number of nitrogens with two attached hydrogens (primary N) is 1. The molecule has 2 N–H and O–H groups in total. The van der Waals surface area contributed by atoms with Gasteiger partial charge in [-0.3, -0.25) is 4.79 Å². The van der Waals surface area contributed by atoms with Gasteiger partial charge in [0.25, 0.3) is 5.91 Å². The lowest BCUT2D eigenvalue weighted by atomic mass is 10.3. The van der Waals surface area contributed by atoms with Crippen LogP contribution in [0.2, 0.25) is 0 Å². The van der Waals surface area contributed by atoms with E-state index in [4.69, 9.17) is 5.73 Å². The van der Waals surface area contributed by atoms with Crippen LogP contribution in [0.1, 0.15) is 16.8 Å². The van der Waals surface area contributed by atoms with Crippen LogP contribution in [0.3, 0.4) is 0 Å². The third-order valence-corrected chi connectivity index (χ3v) is 3.83. The molecule has 15 heavy (non-hydrogen) atoms. The smallest absolute Gasteiger partial charge is 0.254 e. The fraction of sp³-hybridized carbons (Fsp3) is 0.444. The van der Waals surface area contributed by atoms with Crippen LogP contribution in [-0.4, -0.2) is 29.9 Å². The Kier molecular flexibility index (Phi) is 4.58. The van der Waals surface area contributed by atoms with Gasteiger partial charge in [0.2, 0.25) is 0 Å². The van der Waals surface area contributed by atoms with E-state index in [1.807, 2.05) is 16.3 Å². The third-order valence-electron chi connectivity index (χ3n) is 2.33. The standard InChI is InChI=1S/C9H11BrN2OS.ClH/c10-8-3-6(5-14-8)9(13)12-2-1-7(11)4-12;/h3,5,7H,1-2,4,11H2;1H/t7-;/m0./s1. The third kappa shape index (κ3) is 2.93. The minimum Gasteiger partial charge on any atom is -0.337 e. The first kappa shape index (κ1) is 13.0. The van der Waals surface area contributed by atoms with E-state index in [1.165, 1.54) is 11.3 Å². The van der Waals surface area contributed by atoms with Gasteiger partial charge in [-0.25, -0.2) is 0 Å². The van der Waals surface area contributed by atoms with Crippen LogP contribution < -0.4 is 5.73 Å². The van der Waals surface area contributed by atoms with E-state index in [1.54, 1.807) is 0 Å². The maximum atomic E-state index is 11.9. The molecule has 1 atom stereocenters. The van der Waals surface area contributed by atoms with Gasteiger partial charge in [-0.1, -0.05) is 0 Å². The SMILES string of the molecule is Cl.N[C@H]1CCN(C(=O)c2csc(Br)c2)C1. The summed E-state index contributed by atoms with van der Waals surface area (Å²) in [5, 5.41) is 1.87. The minimum absolute atomic E-state index is 0. The number of likely N-dealkylation sites (tertiary alicyclic amines) is 1. The average molecular weight is 312 g/mol. The molecule has 0 bridgehead atoms. The van der Waals surface area contributed by atoms with Gasteiger partial charge >= 0.3 is 0 Å². The predicted molar refractivity (Wildman–Crippen MR) is 67.8 cm³/mol. The summed E-state index contributed by atoms with van der Waals surface area (Å²) in [4.78, 5) is 13.7. The van der Waals surface area contributed by atoms with E-state index in [2.05, 4.69) is 15.9 Å². The van der Waals surface area contributed by atoms with Gasteiger partial charge in [-0.05, 0) is 28.4 Å². The van der Waals surface area contributed by atoms with Crippen LogP contribution in [0, 0.1) is 0 Å². The van der Waals surface area contributed by atoms with Crippen molar-refractivity contribution in [2.75, 3.05) is 13.1 Å². The van der Waals surface area contributed by atoms with Crippen molar-refractivity contribution in [3.05, 3.63) is 20.8 Å². The summed E-state index contributed by atoms with van der Waals surface area (Å²) in [7, 11) is 0. The molecule has 0 aliphatic carbocycles. The van der Waals surface area contributed by atoms with Crippen molar-refractivity contribution in [3.63, 3.8) is 0 Å². The summed E-state index contributed by atoms with van der Waals surface area (Å²) in [6.07, 6.45) is 0.914.